The molecule has 1 aromatic heterocycles. The number of rotatable bonds is 5. The predicted molar refractivity (Wildman–Crippen MR) is 137 cm³/mol. The highest BCUT2D eigenvalue weighted by Crippen LogP contribution is 2.22. The zero-order valence-electron chi connectivity index (χ0n) is 19.4. The lowest BCUT2D eigenvalue weighted by molar-refractivity contribution is 0.0746. The number of aryl methyl sites for hydroxylation is 1. The van der Waals surface area contributed by atoms with Crippen LogP contribution in [0.2, 0.25) is 0 Å². The number of benzene rings is 3. The van der Waals surface area contributed by atoms with E-state index in [-0.39, 0.29) is 5.91 Å². The van der Waals surface area contributed by atoms with Gasteiger partial charge in [-0.15, -0.1) is 10.2 Å². The normalized spacial score (nSPS) is 13.7. The zero-order chi connectivity index (χ0) is 23.3. The molecule has 170 valence electrons. The van der Waals surface area contributed by atoms with E-state index in [9.17, 15) is 4.79 Å². The van der Waals surface area contributed by atoms with Crippen molar-refractivity contribution in [1.29, 1.82) is 0 Å². The summed E-state index contributed by atoms with van der Waals surface area (Å²) in [6.45, 7) is 4.97. The van der Waals surface area contributed by atoms with Gasteiger partial charge in [0.25, 0.3) is 5.91 Å². The molecular formula is C29H28N4O. The van der Waals surface area contributed by atoms with Gasteiger partial charge in [-0.2, -0.15) is 0 Å². The van der Waals surface area contributed by atoms with Gasteiger partial charge in [-0.05, 0) is 47.4 Å². The van der Waals surface area contributed by atoms with Crippen molar-refractivity contribution in [3.8, 4) is 22.4 Å². The lowest BCUT2D eigenvalue weighted by Gasteiger charge is -2.35. The van der Waals surface area contributed by atoms with Crippen LogP contribution >= 0.6 is 0 Å². The van der Waals surface area contributed by atoms with E-state index in [2.05, 4.69) is 58.4 Å². The molecule has 1 saturated heterocycles. The standard InChI is InChI=1S/C29H28N4O/c1-2-22-8-10-25(11-9-22)27-16-17-28(31-30-27)32-18-20-33(21-19-32)29(34)26-14-12-24(13-15-26)23-6-4-3-5-7-23/h3-17H,2,18-21H2,1H3. The minimum atomic E-state index is 0.0798. The maximum atomic E-state index is 13.0. The van der Waals surface area contributed by atoms with Gasteiger partial charge in [-0.25, -0.2) is 0 Å². The number of aromatic nitrogens is 2. The Morgan fingerprint density at radius 2 is 1.35 bits per heavy atom. The number of anilines is 1. The molecule has 3 aromatic carbocycles. The van der Waals surface area contributed by atoms with Crippen LogP contribution in [0, 0.1) is 0 Å². The van der Waals surface area contributed by atoms with Gasteiger partial charge in [-0.1, -0.05) is 73.7 Å². The maximum absolute atomic E-state index is 13.0. The van der Waals surface area contributed by atoms with E-state index in [0.717, 1.165) is 53.3 Å². The van der Waals surface area contributed by atoms with Gasteiger partial charge in [0.2, 0.25) is 0 Å². The molecule has 0 saturated carbocycles. The number of piperazine rings is 1. The summed E-state index contributed by atoms with van der Waals surface area (Å²) in [7, 11) is 0. The fourth-order valence-corrected chi connectivity index (χ4v) is 4.32. The highest BCUT2D eigenvalue weighted by molar-refractivity contribution is 5.95. The molecule has 0 aliphatic carbocycles. The predicted octanol–water partition coefficient (Wildman–Crippen LogP) is 5.34. The molecule has 0 unspecified atom stereocenters. The second kappa shape index (κ2) is 9.87. The van der Waals surface area contributed by atoms with E-state index < -0.39 is 0 Å². The SMILES string of the molecule is CCc1ccc(-c2ccc(N3CCN(C(=O)c4ccc(-c5ccccc5)cc4)CC3)nn2)cc1. The van der Waals surface area contributed by atoms with Crippen LogP contribution in [0.4, 0.5) is 5.82 Å². The number of carbonyl (C=O) groups excluding carboxylic acids is 1. The third kappa shape index (κ3) is 4.69. The lowest BCUT2D eigenvalue weighted by atomic mass is 10.0. The first-order chi connectivity index (χ1) is 16.7. The molecule has 5 heteroatoms. The molecule has 5 rings (SSSR count). The Morgan fingerprint density at radius 1 is 0.706 bits per heavy atom. The van der Waals surface area contributed by atoms with Crippen molar-refractivity contribution in [3.05, 3.63) is 102 Å². The summed E-state index contributed by atoms with van der Waals surface area (Å²) in [4.78, 5) is 17.1. The Hall–Kier alpha value is -3.99. The van der Waals surface area contributed by atoms with Crippen molar-refractivity contribution >= 4 is 11.7 Å². The Labute approximate surface area is 200 Å². The van der Waals surface area contributed by atoms with Crippen molar-refractivity contribution in [2.45, 2.75) is 13.3 Å². The van der Waals surface area contributed by atoms with Crippen LogP contribution in [0.3, 0.4) is 0 Å². The summed E-state index contributed by atoms with van der Waals surface area (Å²) < 4.78 is 0. The third-order valence-electron chi connectivity index (χ3n) is 6.44. The minimum Gasteiger partial charge on any atom is -0.352 e. The van der Waals surface area contributed by atoms with Crippen molar-refractivity contribution in [2.75, 3.05) is 31.1 Å². The summed E-state index contributed by atoms with van der Waals surface area (Å²) in [5.74, 6) is 0.935. The molecule has 1 amide bonds. The van der Waals surface area contributed by atoms with Crippen LogP contribution in [0.25, 0.3) is 22.4 Å². The Bertz CT molecular complexity index is 1230. The second-order valence-electron chi connectivity index (χ2n) is 8.55. The zero-order valence-corrected chi connectivity index (χ0v) is 19.4. The fraction of sp³-hybridized carbons (Fsp3) is 0.207. The minimum absolute atomic E-state index is 0.0798. The largest absolute Gasteiger partial charge is 0.352 e. The third-order valence-corrected chi connectivity index (χ3v) is 6.44. The Balaban J connectivity index is 1.19. The first-order valence-corrected chi connectivity index (χ1v) is 11.8. The van der Waals surface area contributed by atoms with E-state index in [0.29, 0.717) is 13.1 Å². The van der Waals surface area contributed by atoms with Crippen molar-refractivity contribution in [1.82, 2.24) is 15.1 Å². The van der Waals surface area contributed by atoms with E-state index in [4.69, 9.17) is 0 Å². The molecule has 5 nitrogen and oxygen atoms in total. The van der Waals surface area contributed by atoms with Gasteiger partial charge >= 0.3 is 0 Å². The maximum Gasteiger partial charge on any atom is 0.253 e. The van der Waals surface area contributed by atoms with Crippen LogP contribution in [0.1, 0.15) is 22.8 Å². The summed E-state index contributed by atoms with van der Waals surface area (Å²) in [5.41, 5.74) is 6.26. The Kier molecular flexibility index (Phi) is 6.34. The molecule has 0 atom stereocenters. The lowest BCUT2D eigenvalue weighted by Crippen LogP contribution is -2.49. The van der Waals surface area contributed by atoms with Crippen molar-refractivity contribution in [3.63, 3.8) is 0 Å². The van der Waals surface area contributed by atoms with E-state index in [1.807, 2.05) is 59.5 Å². The van der Waals surface area contributed by atoms with Crippen LogP contribution in [0.15, 0.2) is 91.0 Å². The molecular weight excluding hydrogens is 420 g/mol. The van der Waals surface area contributed by atoms with Gasteiger partial charge in [0.1, 0.15) is 0 Å². The summed E-state index contributed by atoms with van der Waals surface area (Å²) in [5, 5.41) is 8.90. The molecule has 2 heterocycles. The number of nitrogens with zero attached hydrogens (tertiary/aromatic N) is 4. The second-order valence-corrected chi connectivity index (χ2v) is 8.55. The molecule has 1 aliphatic heterocycles. The smallest absolute Gasteiger partial charge is 0.253 e. The van der Waals surface area contributed by atoms with Gasteiger partial charge in [0.15, 0.2) is 5.82 Å². The average Bonchev–Trinajstić information content (AvgIpc) is 2.93. The van der Waals surface area contributed by atoms with Crippen molar-refractivity contribution < 1.29 is 4.79 Å². The molecule has 0 spiro atoms. The van der Waals surface area contributed by atoms with E-state index in [1.54, 1.807) is 0 Å². The van der Waals surface area contributed by atoms with Crippen LogP contribution in [0.5, 0.6) is 0 Å². The molecule has 4 aromatic rings. The summed E-state index contributed by atoms with van der Waals surface area (Å²) in [6.07, 6.45) is 1.03. The van der Waals surface area contributed by atoms with Gasteiger partial charge in [0.05, 0.1) is 5.69 Å². The van der Waals surface area contributed by atoms with Gasteiger partial charge < -0.3 is 9.80 Å². The number of hydrogen-bond donors (Lipinski definition) is 0. The molecule has 0 bridgehead atoms. The highest BCUT2D eigenvalue weighted by atomic mass is 16.2. The number of hydrogen-bond acceptors (Lipinski definition) is 4. The average molecular weight is 449 g/mol. The van der Waals surface area contributed by atoms with Gasteiger partial charge in [0, 0.05) is 37.3 Å². The molecule has 34 heavy (non-hydrogen) atoms. The molecule has 0 N–H and O–H groups in total. The van der Waals surface area contributed by atoms with Gasteiger partial charge in [-0.3, -0.25) is 4.79 Å². The number of amides is 1. The molecule has 0 radical (unpaired) electrons. The Morgan fingerprint density at radius 3 is 1.97 bits per heavy atom. The quantitative estimate of drug-likeness (QED) is 0.414. The fourth-order valence-electron chi connectivity index (χ4n) is 4.32. The monoisotopic (exact) mass is 448 g/mol. The summed E-state index contributed by atoms with van der Waals surface area (Å²) in [6, 6.07) is 30.6. The van der Waals surface area contributed by atoms with Crippen LogP contribution in [-0.4, -0.2) is 47.2 Å². The first-order valence-electron chi connectivity index (χ1n) is 11.8. The summed E-state index contributed by atoms with van der Waals surface area (Å²) >= 11 is 0. The van der Waals surface area contributed by atoms with Crippen LogP contribution < -0.4 is 4.90 Å². The topological polar surface area (TPSA) is 49.3 Å². The van der Waals surface area contributed by atoms with E-state index >= 15 is 0 Å². The molecule has 1 fully saturated rings. The number of carbonyl (C=O) groups is 1. The first kappa shape index (κ1) is 21.8. The van der Waals surface area contributed by atoms with E-state index in [1.165, 1.54) is 5.56 Å². The van der Waals surface area contributed by atoms with Crippen LogP contribution in [-0.2, 0) is 6.42 Å². The molecule has 1 aliphatic rings. The highest BCUT2D eigenvalue weighted by Gasteiger charge is 2.23. The van der Waals surface area contributed by atoms with Crippen molar-refractivity contribution in [2.24, 2.45) is 0 Å².